The molecule has 1 unspecified atom stereocenters. The molecule has 1 N–H and O–H groups in total. The average molecular weight is 410 g/mol. The third kappa shape index (κ3) is 4.76. The highest BCUT2D eigenvalue weighted by Crippen LogP contribution is 2.30. The number of aliphatic hydroxyl groups excluding tert-OH is 1. The summed E-state index contributed by atoms with van der Waals surface area (Å²) < 4.78 is 0. The van der Waals surface area contributed by atoms with Crippen molar-refractivity contribution < 1.29 is 9.90 Å². The summed E-state index contributed by atoms with van der Waals surface area (Å²) in [5.74, 6) is 1.50. The molecule has 0 bridgehead atoms. The molecule has 1 aliphatic heterocycles. The number of carbonyl (C=O) groups is 1. The molecule has 4 rings (SSSR count). The summed E-state index contributed by atoms with van der Waals surface area (Å²) in [6.07, 6.45) is 4.26. The van der Waals surface area contributed by atoms with E-state index in [0.29, 0.717) is 0 Å². The van der Waals surface area contributed by atoms with E-state index in [0.717, 1.165) is 56.5 Å². The lowest BCUT2D eigenvalue weighted by Crippen LogP contribution is -2.51. The maximum absolute atomic E-state index is 13.0. The molecular weight excluding hydrogens is 378 g/mol. The number of hydrogen-bond donors (Lipinski definition) is 1. The van der Waals surface area contributed by atoms with Gasteiger partial charge in [-0.3, -0.25) is 9.69 Å². The van der Waals surface area contributed by atoms with Gasteiger partial charge in [0.15, 0.2) is 5.78 Å². The molecule has 1 fully saturated rings. The Morgan fingerprint density at radius 1 is 1.03 bits per heavy atom. The van der Waals surface area contributed by atoms with Gasteiger partial charge in [-0.2, -0.15) is 0 Å². The van der Waals surface area contributed by atoms with Crippen LogP contribution in [0.2, 0.25) is 0 Å². The van der Waals surface area contributed by atoms with E-state index in [1.807, 2.05) is 23.9 Å². The number of Topliss-reactive ketones (excluding diaryl/α,β-unsaturated/α-hetero) is 1. The van der Waals surface area contributed by atoms with Gasteiger partial charge in [0, 0.05) is 28.8 Å². The van der Waals surface area contributed by atoms with Crippen molar-refractivity contribution >= 4 is 17.5 Å². The SMILES string of the molecule is CCCSc1ccc(C(=O)C2CCN(C3Cc4ccccc4C[C@H]3O)CC2)cc1. The normalized spacial score (nSPS) is 23.0. The molecule has 4 heteroatoms. The zero-order chi connectivity index (χ0) is 20.2. The lowest BCUT2D eigenvalue weighted by molar-refractivity contribution is 0.0239. The summed E-state index contributed by atoms with van der Waals surface area (Å²) in [6, 6.07) is 16.8. The molecular formula is C25H31NO2S. The first-order chi connectivity index (χ1) is 14.2. The number of piperidine rings is 1. The van der Waals surface area contributed by atoms with Crippen molar-refractivity contribution in [2.24, 2.45) is 5.92 Å². The molecule has 0 saturated carbocycles. The Labute approximate surface area is 178 Å². The Morgan fingerprint density at radius 2 is 1.69 bits per heavy atom. The number of carbonyl (C=O) groups excluding carboxylic acids is 1. The van der Waals surface area contributed by atoms with Gasteiger partial charge in [-0.25, -0.2) is 0 Å². The minimum atomic E-state index is -0.315. The maximum atomic E-state index is 13.0. The van der Waals surface area contributed by atoms with Gasteiger partial charge in [-0.15, -0.1) is 11.8 Å². The maximum Gasteiger partial charge on any atom is 0.166 e. The summed E-state index contributed by atoms with van der Waals surface area (Å²) in [5.41, 5.74) is 3.49. The average Bonchev–Trinajstić information content (AvgIpc) is 2.77. The molecule has 2 aromatic carbocycles. The number of aliphatic hydroxyl groups is 1. The minimum Gasteiger partial charge on any atom is -0.391 e. The van der Waals surface area contributed by atoms with Gasteiger partial charge in [-0.1, -0.05) is 43.3 Å². The van der Waals surface area contributed by atoms with Gasteiger partial charge in [0.25, 0.3) is 0 Å². The molecule has 2 atom stereocenters. The first kappa shape index (κ1) is 20.6. The van der Waals surface area contributed by atoms with Gasteiger partial charge in [-0.05, 0) is 67.8 Å². The Morgan fingerprint density at radius 3 is 2.34 bits per heavy atom. The zero-order valence-corrected chi connectivity index (χ0v) is 18.0. The van der Waals surface area contributed by atoms with E-state index in [-0.39, 0.29) is 23.8 Å². The number of rotatable bonds is 6. The van der Waals surface area contributed by atoms with Crippen LogP contribution in [0.15, 0.2) is 53.4 Å². The summed E-state index contributed by atoms with van der Waals surface area (Å²) in [7, 11) is 0. The summed E-state index contributed by atoms with van der Waals surface area (Å²) in [5, 5.41) is 10.7. The van der Waals surface area contributed by atoms with Crippen LogP contribution in [-0.2, 0) is 12.8 Å². The smallest absolute Gasteiger partial charge is 0.166 e. The number of hydrogen-bond acceptors (Lipinski definition) is 4. The van der Waals surface area contributed by atoms with Crippen LogP contribution in [0.1, 0.15) is 47.7 Å². The molecule has 0 aromatic heterocycles. The second-order valence-electron chi connectivity index (χ2n) is 8.36. The molecule has 0 spiro atoms. The van der Waals surface area contributed by atoms with Crippen molar-refractivity contribution in [2.75, 3.05) is 18.8 Å². The van der Waals surface area contributed by atoms with Gasteiger partial charge >= 0.3 is 0 Å². The summed E-state index contributed by atoms with van der Waals surface area (Å²) >= 11 is 1.85. The highest BCUT2D eigenvalue weighted by Gasteiger charge is 2.35. The van der Waals surface area contributed by atoms with E-state index in [2.05, 4.69) is 48.2 Å². The monoisotopic (exact) mass is 409 g/mol. The van der Waals surface area contributed by atoms with Crippen molar-refractivity contribution in [3.63, 3.8) is 0 Å². The number of likely N-dealkylation sites (tertiary alicyclic amines) is 1. The second-order valence-corrected chi connectivity index (χ2v) is 9.53. The van der Waals surface area contributed by atoms with Crippen molar-refractivity contribution in [3.8, 4) is 0 Å². The van der Waals surface area contributed by atoms with Crippen LogP contribution in [0.4, 0.5) is 0 Å². The van der Waals surface area contributed by atoms with E-state index in [4.69, 9.17) is 0 Å². The highest BCUT2D eigenvalue weighted by atomic mass is 32.2. The highest BCUT2D eigenvalue weighted by molar-refractivity contribution is 7.99. The molecule has 154 valence electrons. The van der Waals surface area contributed by atoms with E-state index in [9.17, 15) is 9.90 Å². The summed E-state index contributed by atoms with van der Waals surface area (Å²) in [6.45, 7) is 3.97. The standard InChI is InChI=1S/C25H31NO2S/c1-2-15-29-22-9-7-18(8-10-22)25(28)19-11-13-26(14-12-19)23-16-20-5-3-4-6-21(20)17-24(23)27/h3-10,19,23-24,27H,2,11-17H2,1H3/t23?,24-/m1/s1. The lowest BCUT2D eigenvalue weighted by atomic mass is 9.83. The molecule has 1 saturated heterocycles. The van der Waals surface area contributed by atoms with Gasteiger partial charge < -0.3 is 5.11 Å². The first-order valence-corrected chi connectivity index (χ1v) is 11.9. The first-order valence-electron chi connectivity index (χ1n) is 10.9. The van der Waals surface area contributed by atoms with Gasteiger partial charge in [0.2, 0.25) is 0 Å². The number of ketones is 1. The van der Waals surface area contributed by atoms with Crippen molar-refractivity contribution in [1.82, 2.24) is 4.90 Å². The van der Waals surface area contributed by atoms with Crippen molar-refractivity contribution in [2.45, 2.75) is 56.1 Å². The fourth-order valence-electron chi connectivity index (χ4n) is 4.72. The van der Waals surface area contributed by atoms with Crippen LogP contribution in [0.3, 0.4) is 0 Å². The Kier molecular flexibility index (Phi) is 6.74. The number of benzene rings is 2. The summed E-state index contributed by atoms with van der Waals surface area (Å²) in [4.78, 5) is 16.6. The predicted molar refractivity (Wildman–Crippen MR) is 120 cm³/mol. The van der Waals surface area contributed by atoms with Gasteiger partial charge in [0.1, 0.15) is 0 Å². The Bertz CT molecular complexity index is 827. The third-order valence-electron chi connectivity index (χ3n) is 6.40. The number of thioether (sulfide) groups is 1. The fourth-order valence-corrected chi connectivity index (χ4v) is 5.48. The Hall–Kier alpha value is -1.62. The van der Waals surface area contributed by atoms with Crippen LogP contribution >= 0.6 is 11.8 Å². The fraction of sp³-hybridized carbons (Fsp3) is 0.480. The van der Waals surface area contributed by atoms with Crippen LogP contribution in [0.25, 0.3) is 0 Å². The lowest BCUT2D eigenvalue weighted by Gasteiger charge is -2.41. The molecule has 2 aliphatic rings. The van der Waals surface area contributed by atoms with E-state index in [1.165, 1.54) is 16.0 Å². The van der Waals surface area contributed by atoms with Crippen LogP contribution in [-0.4, -0.2) is 46.8 Å². The quantitative estimate of drug-likeness (QED) is 0.559. The molecule has 1 aliphatic carbocycles. The van der Waals surface area contributed by atoms with Crippen LogP contribution in [0.5, 0.6) is 0 Å². The van der Waals surface area contributed by atoms with E-state index < -0.39 is 0 Å². The molecule has 3 nitrogen and oxygen atoms in total. The molecule has 0 amide bonds. The number of nitrogens with zero attached hydrogens (tertiary/aromatic N) is 1. The van der Waals surface area contributed by atoms with E-state index >= 15 is 0 Å². The second kappa shape index (κ2) is 9.46. The van der Waals surface area contributed by atoms with Crippen LogP contribution in [0, 0.1) is 5.92 Å². The van der Waals surface area contributed by atoms with E-state index in [1.54, 1.807) is 0 Å². The Balaban J connectivity index is 1.34. The van der Waals surface area contributed by atoms with Crippen molar-refractivity contribution in [1.29, 1.82) is 0 Å². The van der Waals surface area contributed by atoms with Crippen LogP contribution < -0.4 is 0 Å². The van der Waals surface area contributed by atoms with Gasteiger partial charge in [0.05, 0.1) is 6.10 Å². The zero-order valence-electron chi connectivity index (χ0n) is 17.2. The third-order valence-corrected chi connectivity index (χ3v) is 7.62. The molecule has 29 heavy (non-hydrogen) atoms. The largest absolute Gasteiger partial charge is 0.391 e. The molecule has 1 heterocycles. The minimum absolute atomic E-state index is 0.105. The van der Waals surface area contributed by atoms with Crippen molar-refractivity contribution in [3.05, 3.63) is 65.2 Å². The predicted octanol–water partition coefficient (Wildman–Crippen LogP) is 4.61. The molecule has 2 aromatic rings. The topological polar surface area (TPSA) is 40.5 Å². The molecule has 0 radical (unpaired) electrons. The number of fused-ring (bicyclic) bond motifs is 1.